The van der Waals surface area contributed by atoms with Crippen LogP contribution in [0, 0.1) is 0 Å². The topological polar surface area (TPSA) is 26.3 Å². The summed E-state index contributed by atoms with van der Waals surface area (Å²) in [6.07, 6.45) is 4.40. The normalized spacial score (nSPS) is 12.7. The number of esters is 1. The van der Waals surface area contributed by atoms with Gasteiger partial charge in [0.15, 0.2) is 0 Å². The summed E-state index contributed by atoms with van der Waals surface area (Å²) < 4.78 is 5.25. The van der Waals surface area contributed by atoms with E-state index in [4.69, 9.17) is 4.74 Å². The molecule has 0 unspecified atom stereocenters. The maximum absolute atomic E-state index is 11.8. The zero-order valence-corrected chi connectivity index (χ0v) is 13.8. The van der Waals surface area contributed by atoms with E-state index >= 15 is 0 Å². The molecular formula is C21H24O2. The summed E-state index contributed by atoms with van der Waals surface area (Å²) in [5, 5.41) is 0. The zero-order chi connectivity index (χ0) is 16.1. The van der Waals surface area contributed by atoms with Crippen LogP contribution in [0.1, 0.15) is 56.1 Å². The molecule has 2 aromatic rings. The van der Waals surface area contributed by atoms with E-state index in [1.807, 2.05) is 0 Å². The fourth-order valence-corrected chi connectivity index (χ4v) is 3.42. The van der Waals surface area contributed by atoms with Crippen LogP contribution in [0.2, 0.25) is 0 Å². The van der Waals surface area contributed by atoms with Gasteiger partial charge < -0.3 is 4.74 Å². The smallest absolute Gasteiger partial charge is 0.305 e. The molecule has 0 amide bonds. The lowest BCUT2D eigenvalue weighted by molar-refractivity contribution is -0.143. The number of ether oxygens (including phenoxy) is 1. The molecular weight excluding hydrogens is 284 g/mol. The molecule has 2 aromatic carbocycles. The third kappa shape index (κ3) is 3.47. The number of fused-ring (bicyclic) bond motifs is 3. The van der Waals surface area contributed by atoms with E-state index in [1.54, 1.807) is 0 Å². The number of carbonyl (C=O) groups is 1. The Balaban J connectivity index is 1.63. The molecule has 0 atom stereocenters. The van der Waals surface area contributed by atoms with Crippen molar-refractivity contribution in [2.24, 2.45) is 0 Å². The lowest BCUT2D eigenvalue weighted by Crippen LogP contribution is -2.06. The summed E-state index contributed by atoms with van der Waals surface area (Å²) in [5.74, 6) is 0.351. The molecule has 0 saturated heterocycles. The maximum atomic E-state index is 11.8. The Morgan fingerprint density at radius 1 is 0.957 bits per heavy atom. The zero-order valence-electron chi connectivity index (χ0n) is 13.8. The van der Waals surface area contributed by atoms with Crippen LogP contribution in [0.5, 0.6) is 0 Å². The van der Waals surface area contributed by atoms with E-state index < -0.39 is 0 Å². The summed E-state index contributed by atoms with van der Waals surface area (Å²) >= 11 is 0. The van der Waals surface area contributed by atoms with Gasteiger partial charge in [0.25, 0.3) is 0 Å². The highest BCUT2D eigenvalue weighted by Crippen LogP contribution is 2.46. The van der Waals surface area contributed by atoms with Gasteiger partial charge in [-0.3, -0.25) is 4.79 Å². The van der Waals surface area contributed by atoms with Crippen molar-refractivity contribution in [3.05, 3.63) is 59.7 Å². The standard InChI is InChI=1S/C21H24O2/c1-2-3-15-23-21(22)14-8-13-20-18-11-6-4-9-16(18)17-10-5-7-12-19(17)20/h4-7,9-12,20H,2-3,8,13-15H2,1H3. The second-order valence-corrected chi connectivity index (χ2v) is 6.19. The number of rotatable bonds is 7. The first-order valence-electron chi connectivity index (χ1n) is 8.65. The first-order chi connectivity index (χ1) is 11.3. The van der Waals surface area contributed by atoms with Crippen LogP contribution in [0.25, 0.3) is 11.1 Å². The minimum Gasteiger partial charge on any atom is -0.466 e. The number of benzene rings is 2. The minimum atomic E-state index is -0.0574. The fraction of sp³-hybridized carbons (Fsp3) is 0.381. The van der Waals surface area contributed by atoms with Crippen molar-refractivity contribution < 1.29 is 9.53 Å². The van der Waals surface area contributed by atoms with Crippen molar-refractivity contribution in [2.75, 3.05) is 6.61 Å². The lowest BCUT2D eigenvalue weighted by atomic mass is 9.91. The van der Waals surface area contributed by atoms with Gasteiger partial charge in [-0.2, -0.15) is 0 Å². The first kappa shape index (κ1) is 15.8. The Morgan fingerprint density at radius 2 is 1.57 bits per heavy atom. The largest absolute Gasteiger partial charge is 0.466 e. The van der Waals surface area contributed by atoms with E-state index in [9.17, 15) is 4.79 Å². The second-order valence-electron chi connectivity index (χ2n) is 6.19. The molecule has 0 aromatic heterocycles. The number of unbranched alkanes of at least 4 members (excludes halogenated alkanes) is 1. The molecule has 1 aliphatic rings. The Bertz CT molecular complexity index is 630. The minimum absolute atomic E-state index is 0.0574. The molecule has 0 radical (unpaired) electrons. The average molecular weight is 308 g/mol. The number of hydrogen-bond acceptors (Lipinski definition) is 2. The molecule has 0 saturated carbocycles. The van der Waals surface area contributed by atoms with Crippen LogP contribution in [0.4, 0.5) is 0 Å². The van der Waals surface area contributed by atoms with E-state index in [2.05, 4.69) is 55.5 Å². The summed E-state index contributed by atoms with van der Waals surface area (Å²) in [5.41, 5.74) is 5.48. The van der Waals surface area contributed by atoms with E-state index in [1.165, 1.54) is 22.3 Å². The van der Waals surface area contributed by atoms with Crippen LogP contribution in [0.3, 0.4) is 0 Å². The molecule has 3 rings (SSSR count). The Morgan fingerprint density at radius 3 is 2.17 bits per heavy atom. The van der Waals surface area contributed by atoms with Crippen molar-refractivity contribution in [3.63, 3.8) is 0 Å². The Labute approximate surface area is 138 Å². The highest BCUT2D eigenvalue weighted by molar-refractivity contribution is 5.78. The average Bonchev–Trinajstić information content (AvgIpc) is 2.90. The third-order valence-corrected chi connectivity index (χ3v) is 4.60. The molecule has 0 bridgehead atoms. The van der Waals surface area contributed by atoms with Crippen molar-refractivity contribution in [1.29, 1.82) is 0 Å². The van der Waals surface area contributed by atoms with Gasteiger partial charge in [0.1, 0.15) is 0 Å². The van der Waals surface area contributed by atoms with Gasteiger partial charge in [-0.05, 0) is 41.5 Å². The molecule has 0 N–H and O–H groups in total. The fourth-order valence-electron chi connectivity index (χ4n) is 3.42. The van der Waals surface area contributed by atoms with Gasteiger partial charge in [0.2, 0.25) is 0 Å². The summed E-state index contributed by atoms with van der Waals surface area (Å²) in [7, 11) is 0. The first-order valence-corrected chi connectivity index (χ1v) is 8.65. The summed E-state index contributed by atoms with van der Waals surface area (Å²) in [6.45, 7) is 2.66. The molecule has 0 spiro atoms. The quantitative estimate of drug-likeness (QED) is 0.511. The Hall–Kier alpha value is -2.09. The van der Waals surface area contributed by atoms with Crippen LogP contribution >= 0.6 is 0 Å². The predicted octanol–water partition coefficient (Wildman–Crippen LogP) is 5.31. The van der Waals surface area contributed by atoms with Crippen molar-refractivity contribution >= 4 is 5.97 Å². The SMILES string of the molecule is CCCCOC(=O)CCCC1c2ccccc2-c2ccccc21. The molecule has 0 fully saturated rings. The van der Waals surface area contributed by atoms with Crippen molar-refractivity contribution in [3.8, 4) is 11.1 Å². The molecule has 120 valence electrons. The molecule has 0 heterocycles. The molecule has 2 nitrogen and oxygen atoms in total. The Kier molecular flexibility index (Phi) is 5.12. The van der Waals surface area contributed by atoms with Gasteiger partial charge in [-0.25, -0.2) is 0 Å². The van der Waals surface area contributed by atoms with Gasteiger partial charge in [-0.1, -0.05) is 61.9 Å². The second kappa shape index (κ2) is 7.45. The third-order valence-electron chi connectivity index (χ3n) is 4.60. The van der Waals surface area contributed by atoms with Crippen LogP contribution in [-0.2, 0) is 9.53 Å². The van der Waals surface area contributed by atoms with Crippen LogP contribution in [-0.4, -0.2) is 12.6 Å². The molecule has 1 aliphatic carbocycles. The summed E-state index contributed by atoms with van der Waals surface area (Å²) in [6, 6.07) is 17.3. The monoisotopic (exact) mass is 308 g/mol. The number of carbonyl (C=O) groups excluding carboxylic acids is 1. The van der Waals surface area contributed by atoms with Gasteiger partial charge >= 0.3 is 5.97 Å². The van der Waals surface area contributed by atoms with E-state index in [0.29, 0.717) is 18.9 Å². The lowest BCUT2D eigenvalue weighted by Gasteiger charge is -2.13. The molecule has 0 aliphatic heterocycles. The van der Waals surface area contributed by atoms with Gasteiger partial charge in [0, 0.05) is 12.3 Å². The van der Waals surface area contributed by atoms with Crippen molar-refractivity contribution in [1.82, 2.24) is 0 Å². The van der Waals surface area contributed by atoms with E-state index in [-0.39, 0.29) is 5.97 Å². The molecule has 2 heteroatoms. The summed E-state index contributed by atoms with van der Waals surface area (Å²) in [4.78, 5) is 11.8. The molecule has 23 heavy (non-hydrogen) atoms. The van der Waals surface area contributed by atoms with Crippen molar-refractivity contribution in [2.45, 2.75) is 44.9 Å². The predicted molar refractivity (Wildman–Crippen MR) is 93.4 cm³/mol. The van der Waals surface area contributed by atoms with Crippen LogP contribution in [0.15, 0.2) is 48.5 Å². The highest BCUT2D eigenvalue weighted by Gasteiger charge is 2.27. The number of hydrogen-bond donors (Lipinski definition) is 0. The van der Waals surface area contributed by atoms with Crippen LogP contribution < -0.4 is 0 Å². The van der Waals surface area contributed by atoms with Gasteiger partial charge in [-0.15, -0.1) is 0 Å². The van der Waals surface area contributed by atoms with E-state index in [0.717, 1.165) is 25.7 Å². The highest BCUT2D eigenvalue weighted by atomic mass is 16.5. The van der Waals surface area contributed by atoms with Gasteiger partial charge in [0.05, 0.1) is 6.61 Å². The maximum Gasteiger partial charge on any atom is 0.305 e.